The smallest absolute Gasteiger partial charge is 0.224 e. The van der Waals surface area contributed by atoms with E-state index < -0.39 is 0 Å². The number of nitrogens with one attached hydrogen (secondary N) is 1. The summed E-state index contributed by atoms with van der Waals surface area (Å²) in [6.07, 6.45) is 0.482. The average Bonchev–Trinajstić information content (AvgIpc) is 2.48. The van der Waals surface area contributed by atoms with E-state index in [1.807, 2.05) is 61.6 Å². The molecule has 0 aliphatic rings. The first kappa shape index (κ1) is 15.6. The molecule has 0 aliphatic carbocycles. The van der Waals surface area contributed by atoms with Gasteiger partial charge in [-0.15, -0.1) is 0 Å². The molecule has 0 spiro atoms. The molecule has 2 aromatic rings. The van der Waals surface area contributed by atoms with Crippen molar-refractivity contribution in [3.05, 3.63) is 64.6 Å². The standard InChI is InChI=1S/C17H19BrN2O/c1-20(13-14-6-3-2-4-7-14)17(21)10-11-19-16-9-5-8-15(18)12-16/h2-9,12,19H,10-11,13H2,1H3. The van der Waals surface area contributed by atoms with E-state index in [2.05, 4.69) is 21.2 Å². The zero-order chi connectivity index (χ0) is 15.1. The van der Waals surface area contributed by atoms with Crippen LogP contribution in [-0.2, 0) is 11.3 Å². The zero-order valence-electron chi connectivity index (χ0n) is 12.1. The van der Waals surface area contributed by atoms with Crippen molar-refractivity contribution in [3.8, 4) is 0 Å². The minimum atomic E-state index is 0.140. The third kappa shape index (κ3) is 5.23. The summed E-state index contributed by atoms with van der Waals surface area (Å²) in [7, 11) is 1.84. The summed E-state index contributed by atoms with van der Waals surface area (Å²) in [6, 6.07) is 18.0. The third-order valence-corrected chi connectivity index (χ3v) is 3.67. The van der Waals surface area contributed by atoms with Gasteiger partial charge in [-0.25, -0.2) is 0 Å². The number of benzene rings is 2. The van der Waals surface area contributed by atoms with Gasteiger partial charge in [0.25, 0.3) is 0 Å². The number of halogens is 1. The minimum Gasteiger partial charge on any atom is -0.384 e. The van der Waals surface area contributed by atoms with Crippen LogP contribution in [0.4, 0.5) is 5.69 Å². The molecule has 1 amide bonds. The van der Waals surface area contributed by atoms with Crippen molar-refractivity contribution in [1.29, 1.82) is 0 Å². The van der Waals surface area contributed by atoms with E-state index in [1.165, 1.54) is 0 Å². The average molecular weight is 347 g/mol. The molecule has 0 saturated carbocycles. The van der Waals surface area contributed by atoms with Crippen molar-refractivity contribution >= 4 is 27.5 Å². The van der Waals surface area contributed by atoms with Crippen LogP contribution in [0.15, 0.2) is 59.1 Å². The highest BCUT2D eigenvalue weighted by molar-refractivity contribution is 9.10. The van der Waals surface area contributed by atoms with E-state index in [1.54, 1.807) is 4.90 Å². The molecule has 110 valence electrons. The summed E-state index contributed by atoms with van der Waals surface area (Å²) < 4.78 is 1.03. The van der Waals surface area contributed by atoms with Crippen LogP contribution in [-0.4, -0.2) is 24.4 Å². The lowest BCUT2D eigenvalue weighted by Crippen LogP contribution is -2.27. The van der Waals surface area contributed by atoms with Gasteiger partial charge in [-0.3, -0.25) is 4.79 Å². The molecule has 0 heterocycles. The quantitative estimate of drug-likeness (QED) is 0.859. The van der Waals surface area contributed by atoms with Gasteiger partial charge >= 0.3 is 0 Å². The fourth-order valence-corrected chi connectivity index (χ4v) is 2.45. The monoisotopic (exact) mass is 346 g/mol. The molecule has 0 atom stereocenters. The highest BCUT2D eigenvalue weighted by Crippen LogP contribution is 2.15. The molecule has 0 unspecified atom stereocenters. The van der Waals surface area contributed by atoms with E-state index in [0.717, 1.165) is 15.7 Å². The number of nitrogens with zero attached hydrogens (tertiary/aromatic N) is 1. The highest BCUT2D eigenvalue weighted by Gasteiger charge is 2.08. The molecular formula is C17H19BrN2O. The molecule has 4 heteroatoms. The Bertz CT molecular complexity index is 586. The van der Waals surface area contributed by atoms with Gasteiger partial charge in [0.05, 0.1) is 0 Å². The summed E-state index contributed by atoms with van der Waals surface area (Å²) in [5.74, 6) is 0.140. The predicted octanol–water partition coefficient (Wildman–Crippen LogP) is 3.91. The summed E-state index contributed by atoms with van der Waals surface area (Å²) in [5, 5.41) is 3.26. The number of hydrogen-bond acceptors (Lipinski definition) is 2. The Hall–Kier alpha value is -1.81. The number of amides is 1. The summed E-state index contributed by atoms with van der Waals surface area (Å²) in [6.45, 7) is 1.28. The fraction of sp³-hybridized carbons (Fsp3) is 0.235. The molecule has 0 bridgehead atoms. The Morgan fingerprint density at radius 1 is 1.14 bits per heavy atom. The maximum atomic E-state index is 12.1. The lowest BCUT2D eigenvalue weighted by Gasteiger charge is -2.17. The van der Waals surface area contributed by atoms with E-state index in [-0.39, 0.29) is 5.91 Å². The van der Waals surface area contributed by atoms with E-state index in [4.69, 9.17) is 0 Å². The van der Waals surface area contributed by atoms with E-state index in [9.17, 15) is 4.79 Å². The second-order valence-electron chi connectivity index (χ2n) is 4.92. The van der Waals surface area contributed by atoms with Crippen LogP contribution >= 0.6 is 15.9 Å². The molecule has 1 N–H and O–H groups in total. The number of carbonyl (C=O) groups excluding carboxylic acids is 1. The second kappa shape index (κ2) is 7.84. The van der Waals surface area contributed by atoms with Crippen molar-refractivity contribution in [2.24, 2.45) is 0 Å². The maximum Gasteiger partial charge on any atom is 0.224 e. The lowest BCUT2D eigenvalue weighted by atomic mass is 10.2. The van der Waals surface area contributed by atoms with Gasteiger partial charge in [-0.2, -0.15) is 0 Å². The second-order valence-corrected chi connectivity index (χ2v) is 5.84. The Morgan fingerprint density at radius 2 is 1.90 bits per heavy atom. The molecule has 0 aliphatic heterocycles. The van der Waals surface area contributed by atoms with Crippen LogP contribution in [0.1, 0.15) is 12.0 Å². The number of hydrogen-bond donors (Lipinski definition) is 1. The van der Waals surface area contributed by atoms with Crippen molar-refractivity contribution in [3.63, 3.8) is 0 Å². The van der Waals surface area contributed by atoms with Crippen LogP contribution in [0.3, 0.4) is 0 Å². The predicted molar refractivity (Wildman–Crippen MR) is 90.2 cm³/mol. The largest absolute Gasteiger partial charge is 0.384 e. The molecular weight excluding hydrogens is 328 g/mol. The molecule has 0 fully saturated rings. The normalized spacial score (nSPS) is 10.2. The van der Waals surface area contributed by atoms with Crippen molar-refractivity contribution in [1.82, 2.24) is 4.90 Å². The minimum absolute atomic E-state index is 0.140. The van der Waals surface area contributed by atoms with E-state index in [0.29, 0.717) is 19.5 Å². The first-order chi connectivity index (χ1) is 10.1. The van der Waals surface area contributed by atoms with Crippen LogP contribution in [0.25, 0.3) is 0 Å². The first-order valence-corrected chi connectivity index (χ1v) is 7.72. The summed E-state index contributed by atoms with van der Waals surface area (Å²) in [5.41, 5.74) is 2.16. The third-order valence-electron chi connectivity index (χ3n) is 3.18. The SMILES string of the molecule is CN(Cc1ccccc1)C(=O)CCNc1cccc(Br)c1. The molecule has 21 heavy (non-hydrogen) atoms. The van der Waals surface area contributed by atoms with Gasteiger partial charge in [-0.05, 0) is 23.8 Å². The van der Waals surface area contributed by atoms with Gasteiger partial charge in [0.1, 0.15) is 0 Å². The molecule has 3 nitrogen and oxygen atoms in total. The summed E-state index contributed by atoms with van der Waals surface area (Å²) >= 11 is 3.43. The lowest BCUT2D eigenvalue weighted by molar-refractivity contribution is -0.130. The van der Waals surface area contributed by atoms with Crippen molar-refractivity contribution in [2.75, 3.05) is 18.9 Å². The van der Waals surface area contributed by atoms with Gasteiger partial charge in [-0.1, -0.05) is 52.3 Å². The Kier molecular flexibility index (Phi) is 5.81. The molecule has 0 aromatic heterocycles. The molecule has 2 aromatic carbocycles. The van der Waals surface area contributed by atoms with Crippen LogP contribution in [0, 0.1) is 0 Å². The Balaban J connectivity index is 1.76. The number of rotatable bonds is 6. The summed E-state index contributed by atoms with van der Waals surface area (Å²) in [4.78, 5) is 13.8. The highest BCUT2D eigenvalue weighted by atomic mass is 79.9. The van der Waals surface area contributed by atoms with E-state index >= 15 is 0 Å². The molecule has 2 rings (SSSR count). The van der Waals surface area contributed by atoms with Crippen LogP contribution < -0.4 is 5.32 Å². The molecule has 0 radical (unpaired) electrons. The Morgan fingerprint density at radius 3 is 2.62 bits per heavy atom. The fourth-order valence-electron chi connectivity index (χ4n) is 2.05. The van der Waals surface area contributed by atoms with Crippen molar-refractivity contribution in [2.45, 2.75) is 13.0 Å². The van der Waals surface area contributed by atoms with Gasteiger partial charge < -0.3 is 10.2 Å². The zero-order valence-corrected chi connectivity index (χ0v) is 13.6. The Labute approximate surface area is 134 Å². The van der Waals surface area contributed by atoms with Crippen LogP contribution in [0.5, 0.6) is 0 Å². The van der Waals surface area contributed by atoms with Crippen molar-refractivity contribution < 1.29 is 4.79 Å². The van der Waals surface area contributed by atoms with Gasteiger partial charge in [0.15, 0.2) is 0 Å². The maximum absolute atomic E-state index is 12.1. The molecule has 0 saturated heterocycles. The topological polar surface area (TPSA) is 32.3 Å². The van der Waals surface area contributed by atoms with Gasteiger partial charge in [0, 0.05) is 36.7 Å². The number of anilines is 1. The number of carbonyl (C=O) groups is 1. The van der Waals surface area contributed by atoms with Crippen LogP contribution in [0.2, 0.25) is 0 Å². The van der Waals surface area contributed by atoms with Gasteiger partial charge in [0.2, 0.25) is 5.91 Å². The first-order valence-electron chi connectivity index (χ1n) is 6.92.